The Labute approximate surface area is 106 Å². The molecule has 0 aromatic heterocycles. The average Bonchev–Trinajstić information content (AvgIpc) is 2.19. The molecule has 0 amide bonds. The van der Waals surface area contributed by atoms with Gasteiger partial charge in [-0.3, -0.25) is 0 Å². The van der Waals surface area contributed by atoms with Crippen LogP contribution in [0.5, 0.6) is 0 Å². The summed E-state index contributed by atoms with van der Waals surface area (Å²) in [7, 11) is 2.26. The summed E-state index contributed by atoms with van der Waals surface area (Å²) in [5.41, 5.74) is 0.904. The first kappa shape index (κ1) is 13.4. The van der Waals surface area contributed by atoms with E-state index < -0.39 is 0 Å². The Morgan fingerprint density at radius 2 is 1.82 bits per heavy atom. The van der Waals surface area contributed by atoms with Crippen LogP contribution in [0.3, 0.4) is 0 Å². The third kappa shape index (κ3) is 2.85. The molecular weight excluding hydrogens is 210 g/mol. The lowest BCUT2D eigenvalue weighted by Crippen LogP contribution is -2.52. The van der Waals surface area contributed by atoms with Gasteiger partial charge in [-0.25, -0.2) is 0 Å². The number of nitrogens with zero attached hydrogens (tertiary/aromatic N) is 1. The summed E-state index contributed by atoms with van der Waals surface area (Å²) in [6.07, 6.45) is 7.18. The van der Waals surface area contributed by atoms with Crippen molar-refractivity contribution >= 4 is 0 Å². The molecule has 2 atom stereocenters. The van der Waals surface area contributed by atoms with Gasteiger partial charge in [-0.1, -0.05) is 27.2 Å². The van der Waals surface area contributed by atoms with Crippen molar-refractivity contribution in [2.75, 3.05) is 13.6 Å². The smallest absolute Gasteiger partial charge is 0.0555 e. The average molecular weight is 239 g/mol. The Morgan fingerprint density at radius 3 is 2.35 bits per heavy atom. The molecule has 1 N–H and O–H groups in total. The molecule has 0 saturated heterocycles. The van der Waals surface area contributed by atoms with E-state index in [0.29, 0.717) is 16.9 Å². The van der Waals surface area contributed by atoms with Gasteiger partial charge in [-0.05, 0) is 50.0 Å². The van der Waals surface area contributed by atoms with Gasteiger partial charge in [0.2, 0.25) is 0 Å². The van der Waals surface area contributed by atoms with Crippen LogP contribution in [0, 0.1) is 10.8 Å². The van der Waals surface area contributed by atoms with Gasteiger partial charge in [0, 0.05) is 12.6 Å². The van der Waals surface area contributed by atoms with Crippen LogP contribution in [0.1, 0.15) is 59.3 Å². The molecule has 0 aromatic rings. The first-order valence-corrected chi connectivity index (χ1v) is 7.21. The SMILES string of the molecule is CN(CC1(C)CCC1)C1CC(O)CCC1(C)C. The summed E-state index contributed by atoms with van der Waals surface area (Å²) < 4.78 is 0. The monoisotopic (exact) mass is 239 g/mol. The number of aliphatic hydroxyl groups excluding tert-OH is 1. The first-order valence-electron chi connectivity index (χ1n) is 7.21. The van der Waals surface area contributed by atoms with E-state index in [-0.39, 0.29) is 6.10 Å². The second kappa shape index (κ2) is 4.55. The van der Waals surface area contributed by atoms with Gasteiger partial charge < -0.3 is 10.0 Å². The summed E-state index contributed by atoms with van der Waals surface area (Å²) in [5, 5.41) is 9.90. The van der Waals surface area contributed by atoms with Crippen molar-refractivity contribution in [3.05, 3.63) is 0 Å². The molecule has 0 aromatic carbocycles. The van der Waals surface area contributed by atoms with E-state index >= 15 is 0 Å². The van der Waals surface area contributed by atoms with E-state index in [1.807, 2.05) is 0 Å². The highest BCUT2D eigenvalue weighted by Gasteiger charge is 2.41. The van der Waals surface area contributed by atoms with E-state index in [1.165, 1.54) is 25.8 Å². The summed E-state index contributed by atoms with van der Waals surface area (Å²) >= 11 is 0. The van der Waals surface area contributed by atoms with Crippen LogP contribution in [0.25, 0.3) is 0 Å². The Morgan fingerprint density at radius 1 is 1.18 bits per heavy atom. The fourth-order valence-electron chi connectivity index (χ4n) is 3.83. The molecule has 2 saturated carbocycles. The number of hydrogen-bond acceptors (Lipinski definition) is 2. The van der Waals surface area contributed by atoms with Gasteiger partial charge in [0.1, 0.15) is 0 Å². The lowest BCUT2D eigenvalue weighted by atomic mass is 9.68. The van der Waals surface area contributed by atoms with Gasteiger partial charge in [0.15, 0.2) is 0 Å². The van der Waals surface area contributed by atoms with E-state index in [9.17, 15) is 5.11 Å². The predicted octanol–water partition coefficient (Wildman–Crippen LogP) is 3.05. The molecule has 2 rings (SSSR count). The molecular formula is C15H29NO. The molecule has 0 heterocycles. The molecule has 100 valence electrons. The molecule has 0 aliphatic heterocycles. The summed E-state index contributed by atoms with van der Waals surface area (Å²) in [4.78, 5) is 2.53. The van der Waals surface area contributed by atoms with Gasteiger partial charge in [0.25, 0.3) is 0 Å². The molecule has 0 bridgehead atoms. The van der Waals surface area contributed by atoms with Crippen LogP contribution in [0.2, 0.25) is 0 Å². The van der Waals surface area contributed by atoms with Crippen molar-refractivity contribution in [1.82, 2.24) is 4.90 Å². The third-order valence-electron chi connectivity index (χ3n) is 5.24. The quantitative estimate of drug-likeness (QED) is 0.818. The van der Waals surface area contributed by atoms with Crippen LogP contribution in [0.15, 0.2) is 0 Å². The zero-order chi connectivity index (χ0) is 12.7. The van der Waals surface area contributed by atoms with E-state index in [1.54, 1.807) is 0 Å². The highest BCUT2D eigenvalue weighted by Crippen LogP contribution is 2.44. The molecule has 2 unspecified atom stereocenters. The maximum atomic E-state index is 9.90. The fraction of sp³-hybridized carbons (Fsp3) is 1.00. The topological polar surface area (TPSA) is 23.5 Å². The van der Waals surface area contributed by atoms with Gasteiger partial charge >= 0.3 is 0 Å². The van der Waals surface area contributed by atoms with Crippen molar-refractivity contribution in [2.24, 2.45) is 10.8 Å². The number of rotatable bonds is 3. The molecule has 2 heteroatoms. The summed E-state index contributed by atoms with van der Waals surface area (Å²) in [5.74, 6) is 0. The van der Waals surface area contributed by atoms with E-state index in [4.69, 9.17) is 0 Å². The van der Waals surface area contributed by atoms with Crippen LogP contribution >= 0.6 is 0 Å². The molecule has 2 aliphatic rings. The van der Waals surface area contributed by atoms with Crippen molar-refractivity contribution in [2.45, 2.75) is 71.4 Å². The molecule has 0 spiro atoms. The molecule has 17 heavy (non-hydrogen) atoms. The molecule has 2 fully saturated rings. The Hall–Kier alpha value is -0.0800. The van der Waals surface area contributed by atoms with E-state index in [2.05, 4.69) is 32.7 Å². The Bertz CT molecular complexity index is 270. The van der Waals surface area contributed by atoms with Crippen LogP contribution in [0.4, 0.5) is 0 Å². The highest BCUT2D eigenvalue weighted by molar-refractivity contribution is 4.94. The van der Waals surface area contributed by atoms with Crippen LogP contribution in [-0.2, 0) is 0 Å². The highest BCUT2D eigenvalue weighted by atomic mass is 16.3. The normalized spacial score (nSPS) is 35.6. The van der Waals surface area contributed by atoms with Crippen LogP contribution < -0.4 is 0 Å². The van der Waals surface area contributed by atoms with Crippen molar-refractivity contribution < 1.29 is 5.11 Å². The first-order chi connectivity index (χ1) is 7.82. The van der Waals surface area contributed by atoms with Gasteiger partial charge in [-0.15, -0.1) is 0 Å². The summed E-state index contributed by atoms with van der Waals surface area (Å²) in [6.45, 7) is 8.35. The van der Waals surface area contributed by atoms with Crippen molar-refractivity contribution in [3.8, 4) is 0 Å². The minimum absolute atomic E-state index is 0.0790. The standard InChI is InChI=1S/C15H29NO/c1-14(2)9-6-12(17)10-13(14)16(4)11-15(3)7-5-8-15/h12-13,17H,5-11H2,1-4H3. The van der Waals surface area contributed by atoms with Crippen LogP contribution in [-0.4, -0.2) is 35.7 Å². The fourth-order valence-corrected chi connectivity index (χ4v) is 3.83. The summed E-state index contributed by atoms with van der Waals surface area (Å²) in [6, 6.07) is 0.545. The van der Waals surface area contributed by atoms with E-state index in [0.717, 1.165) is 19.3 Å². The second-order valence-corrected chi connectivity index (χ2v) is 7.51. The largest absolute Gasteiger partial charge is 0.393 e. The number of aliphatic hydroxyl groups is 1. The molecule has 2 aliphatic carbocycles. The Balaban J connectivity index is 1.98. The lowest BCUT2D eigenvalue weighted by Gasteiger charge is -2.49. The Kier molecular flexibility index (Phi) is 3.57. The maximum absolute atomic E-state index is 9.90. The minimum Gasteiger partial charge on any atom is -0.393 e. The predicted molar refractivity (Wildman–Crippen MR) is 72.0 cm³/mol. The number of hydrogen-bond donors (Lipinski definition) is 1. The van der Waals surface area contributed by atoms with Crippen molar-refractivity contribution in [1.29, 1.82) is 0 Å². The molecule has 0 radical (unpaired) electrons. The second-order valence-electron chi connectivity index (χ2n) is 7.51. The van der Waals surface area contributed by atoms with Crippen molar-refractivity contribution in [3.63, 3.8) is 0 Å². The van der Waals surface area contributed by atoms with Gasteiger partial charge in [-0.2, -0.15) is 0 Å². The minimum atomic E-state index is -0.0790. The van der Waals surface area contributed by atoms with Gasteiger partial charge in [0.05, 0.1) is 6.10 Å². The zero-order valence-electron chi connectivity index (χ0n) is 12.0. The lowest BCUT2D eigenvalue weighted by molar-refractivity contribution is -0.0259. The molecule has 2 nitrogen and oxygen atoms in total. The maximum Gasteiger partial charge on any atom is 0.0555 e. The third-order valence-corrected chi connectivity index (χ3v) is 5.24. The zero-order valence-corrected chi connectivity index (χ0v) is 12.0.